The summed E-state index contributed by atoms with van der Waals surface area (Å²) < 4.78 is 23.0. The average molecular weight is 289 g/mol. The third kappa shape index (κ3) is 3.82. The molecule has 2 aliphatic rings. The molecule has 2 saturated heterocycles. The summed E-state index contributed by atoms with van der Waals surface area (Å²) in [6.45, 7) is 6.77. The SMILES string of the molecule is CC(C)NC(=O)N1CCN(C2CCS(=O)(=O)C2)CC1. The summed E-state index contributed by atoms with van der Waals surface area (Å²) in [4.78, 5) is 15.9. The van der Waals surface area contributed by atoms with Gasteiger partial charge < -0.3 is 10.2 Å². The van der Waals surface area contributed by atoms with Crippen LogP contribution in [0.4, 0.5) is 4.79 Å². The van der Waals surface area contributed by atoms with Crippen LogP contribution in [0.15, 0.2) is 0 Å². The quantitative estimate of drug-likeness (QED) is 0.771. The molecule has 0 aromatic heterocycles. The van der Waals surface area contributed by atoms with Gasteiger partial charge in [-0.1, -0.05) is 0 Å². The minimum absolute atomic E-state index is 0.0197. The van der Waals surface area contributed by atoms with Crippen LogP contribution in [0.3, 0.4) is 0 Å². The van der Waals surface area contributed by atoms with Crippen molar-refractivity contribution in [3.05, 3.63) is 0 Å². The first-order valence-electron chi connectivity index (χ1n) is 6.87. The van der Waals surface area contributed by atoms with E-state index >= 15 is 0 Å². The highest BCUT2D eigenvalue weighted by molar-refractivity contribution is 7.91. The molecule has 0 aromatic carbocycles. The highest BCUT2D eigenvalue weighted by Crippen LogP contribution is 2.19. The second kappa shape index (κ2) is 5.66. The van der Waals surface area contributed by atoms with Crippen LogP contribution in [0, 0.1) is 0 Å². The Hall–Kier alpha value is -0.820. The lowest BCUT2D eigenvalue weighted by atomic mass is 10.2. The Morgan fingerprint density at radius 1 is 1.21 bits per heavy atom. The van der Waals surface area contributed by atoms with Gasteiger partial charge in [-0.15, -0.1) is 0 Å². The molecular weight excluding hydrogens is 266 g/mol. The van der Waals surface area contributed by atoms with E-state index in [-0.39, 0.29) is 23.9 Å². The van der Waals surface area contributed by atoms with Gasteiger partial charge in [0, 0.05) is 38.3 Å². The van der Waals surface area contributed by atoms with Crippen LogP contribution in [0.25, 0.3) is 0 Å². The zero-order chi connectivity index (χ0) is 14.0. The molecule has 0 aliphatic carbocycles. The van der Waals surface area contributed by atoms with E-state index in [1.165, 1.54) is 0 Å². The van der Waals surface area contributed by atoms with Crippen LogP contribution in [0.2, 0.25) is 0 Å². The van der Waals surface area contributed by atoms with Gasteiger partial charge in [-0.05, 0) is 20.3 Å². The molecule has 1 atom stereocenters. The average Bonchev–Trinajstić information content (AvgIpc) is 2.69. The highest BCUT2D eigenvalue weighted by Gasteiger charge is 2.34. The summed E-state index contributed by atoms with van der Waals surface area (Å²) in [5.74, 6) is 0.594. The van der Waals surface area contributed by atoms with Crippen LogP contribution in [-0.4, -0.2) is 74.0 Å². The van der Waals surface area contributed by atoms with Crippen LogP contribution in [0.5, 0.6) is 0 Å². The van der Waals surface area contributed by atoms with Crippen LogP contribution >= 0.6 is 0 Å². The van der Waals surface area contributed by atoms with Gasteiger partial charge in [-0.25, -0.2) is 13.2 Å². The fraction of sp³-hybridized carbons (Fsp3) is 0.917. The molecule has 0 bridgehead atoms. The number of hydrogen-bond acceptors (Lipinski definition) is 4. The summed E-state index contributed by atoms with van der Waals surface area (Å²) >= 11 is 0. The molecule has 2 fully saturated rings. The summed E-state index contributed by atoms with van der Waals surface area (Å²) in [6.07, 6.45) is 0.737. The monoisotopic (exact) mass is 289 g/mol. The van der Waals surface area contributed by atoms with Crippen molar-refractivity contribution in [3.8, 4) is 0 Å². The number of nitrogens with zero attached hydrogens (tertiary/aromatic N) is 2. The first-order valence-corrected chi connectivity index (χ1v) is 8.69. The molecule has 110 valence electrons. The lowest BCUT2D eigenvalue weighted by Gasteiger charge is -2.37. The number of amides is 2. The fourth-order valence-electron chi connectivity index (χ4n) is 2.69. The third-order valence-electron chi connectivity index (χ3n) is 3.74. The Labute approximate surface area is 115 Å². The van der Waals surface area contributed by atoms with E-state index < -0.39 is 9.84 Å². The van der Waals surface area contributed by atoms with Gasteiger partial charge in [-0.3, -0.25) is 4.90 Å². The Bertz CT molecular complexity index is 428. The van der Waals surface area contributed by atoms with E-state index in [1.54, 1.807) is 4.90 Å². The Kier molecular flexibility index (Phi) is 4.35. The maximum atomic E-state index is 11.8. The number of nitrogens with one attached hydrogen (secondary N) is 1. The van der Waals surface area contributed by atoms with E-state index in [0.29, 0.717) is 18.8 Å². The maximum absolute atomic E-state index is 11.8. The van der Waals surface area contributed by atoms with Crippen molar-refractivity contribution in [1.29, 1.82) is 0 Å². The van der Waals surface area contributed by atoms with Gasteiger partial charge >= 0.3 is 6.03 Å². The van der Waals surface area contributed by atoms with Crippen LogP contribution in [-0.2, 0) is 9.84 Å². The molecule has 0 radical (unpaired) electrons. The lowest BCUT2D eigenvalue weighted by molar-refractivity contribution is 0.115. The molecule has 2 heterocycles. The first kappa shape index (κ1) is 14.6. The van der Waals surface area contributed by atoms with Crippen molar-refractivity contribution in [3.63, 3.8) is 0 Å². The highest BCUT2D eigenvalue weighted by atomic mass is 32.2. The smallest absolute Gasteiger partial charge is 0.317 e. The summed E-state index contributed by atoms with van der Waals surface area (Å²) in [6, 6.07) is 0.277. The number of sulfone groups is 1. The molecule has 1 N–H and O–H groups in total. The van der Waals surface area contributed by atoms with Gasteiger partial charge in [0.15, 0.2) is 9.84 Å². The third-order valence-corrected chi connectivity index (χ3v) is 5.49. The summed E-state index contributed by atoms with van der Waals surface area (Å²) in [5, 5.41) is 2.88. The van der Waals surface area contributed by atoms with Crippen LogP contribution < -0.4 is 5.32 Å². The molecular formula is C12H23N3O3S. The number of piperazine rings is 1. The van der Waals surface area contributed by atoms with Crippen molar-refractivity contribution < 1.29 is 13.2 Å². The Balaban J connectivity index is 1.81. The first-order chi connectivity index (χ1) is 8.87. The topological polar surface area (TPSA) is 69.7 Å². The van der Waals surface area contributed by atoms with Gasteiger partial charge in [-0.2, -0.15) is 0 Å². The zero-order valence-electron chi connectivity index (χ0n) is 11.6. The number of urea groups is 1. The van der Waals surface area contributed by atoms with Gasteiger partial charge in [0.25, 0.3) is 0 Å². The number of rotatable bonds is 2. The standard InChI is InChI=1S/C12H23N3O3S/c1-10(2)13-12(16)15-6-4-14(5-7-15)11-3-8-19(17,18)9-11/h10-11H,3-9H2,1-2H3,(H,13,16). The van der Waals surface area contributed by atoms with E-state index in [4.69, 9.17) is 0 Å². The molecule has 0 aromatic rings. The molecule has 1 unspecified atom stereocenters. The van der Waals surface area contributed by atoms with Gasteiger partial charge in [0.05, 0.1) is 11.5 Å². The van der Waals surface area contributed by atoms with Crippen molar-refractivity contribution in [2.24, 2.45) is 0 Å². The summed E-state index contributed by atoms with van der Waals surface area (Å²) in [5.41, 5.74) is 0. The number of carbonyl (C=O) groups is 1. The van der Waals surface area contributed by atoms with E-state index in [1.807, 2.05) is 13.8 Å². The largest absolute Gasteiger partial charge is 0.336 e. The lowest BCUT2D eigenvalue weighted by Crippen LogP contribution is -2.55. The Morgan fingerprint density at radius 2 is 1.84 bits per heavy atom. The van der Waals surface area contributed by atoms with E-state index in [9.17, 15) is 13.2 Å². The normalized spacial score (nSPS) is 27.7. The minimum Gasteiger partial charge on any atom is -0.336 e. The number of carbonyl (C=O) groups excluding carboxylic acids is 1. The number of hydrogen-bond donors (Lipinski definition) is 1. The summed E-state index contributed by atoms with van der Waals surface area (Å²) in [7, 11) is -2.83. The molecule has 0 saturated carbocycles. The molecule has 7 heteroatoms. The van der Waals surface area contributed by atoms with E-state index in [2.05, 4.69) is 10.2 Å². The van der Waals surface area contributed by atoms with Gasteiger partial charge in [0.2, 0.25) is 0 Å². The molecule has 2 rings (SSSR count). The minimum atomic E-state index is -2.83. The van der Waals surface area contributed by atoms with E-state index in [0.717, 1.165) is 19.5 Å². The second-order valence-electron chi connectivity index (χ2n) is 5.68. The predicted molar refractivity (Wildman–Crippen MR) is 73.9 cm³/mol. The molecule has 0 spiro atoms. The predicted octanol–water partition coefficient (Wildman–Crippen LogP) is -0.0909. The van der Waals surface area contributed by atoms with Crippen molar-refractivity contribution in [2.75, 3.05) is 37.7 Å². The molecule has 2 aliphatic heterocycles. The van der Waals surface area contributed by atoms with Crippen molar-refractivity contribution in [1.82, 2.24) is 15.1 Å². The Morgan fingerprint density at radius 3 is 2.32 bits per heavy atom. The molecule has 19 heavy (non-hydrogen) atoms. The maximum Gasteiger partial charge on any atom is 0.317 e. The van der Waals surface area contributed by atoms with Crippen molar-refractivity contribution >= 4 is 15.9 Å². The van der Waals surface area contributed by atoms with Gasteiger partial charge in [0.1, 0.15) is 0 Å². The van der Waals surface area contributed by atoms with Crippen molar-refractivity contribution in [2.45, 2.75) is 32.4 Å². The fourth-order valence-corrected chi connectivity index (χ4v) is 4.45. The molecule has 2 amide bonds. The zero-order valence-corrected chi connectivity index (χ0v) is 12.4. The van der Waals surface area contributed by atoms with Crippen LogP contribution in [0.1, 0.15) is 20.3 Å². The second-order valence-corrected chi connectivity index (χ2v) is 7.91. The molecule has 6 nitrogen and oxygen atoms in total.